The van der Waals surface area contributed by atoms with Crippen molar-refractivity contribution in [3.05, 3.63) is 87.5 Å². The summed E-state index contributed by atoms with van der Waals surface area (Å²) in [6, 6.07) is 14.4. The third kappa shape index (κ3) is 5.75. The van der Waals surface area contributed by atoms with Gasteiger partial charge in [-0.3, -0.25) is 14.6 Å². The van der Waals surface area contributed by atoms with E-state index in [9.17, 15) is 9.59 Å². The molecule has 4 rings (SSSR count). The lowest BCUT2D eigenvalue weighted by atomic mass is 10.2. The highest BCUT2D eigenvalue weighted by atomic mass is 35.5. The molecule has 2 N–H and O–H groups in total. The standard InChI is InChI=1S/C22H17ClN4O2S2/c23-19-5-4-18(31-19)22-27-17(13-30-22)11-20(28)25-12-14-2-1-3-16(10-14)26-21(29)15-6-8-24-9-7-15/h1-10,13H,11-12H2,(H,25,28)(H,26,29). The zero-order chi connectivity index (χ0) is 21.6. The van der Waals surface area contributed by atoms with E-state index in [0.717, 1.165) is 21.1 Å². The highest BCUT2D eigenvalue weighted by Crippen LogP contribution is 2.32. The van der Waals surface area contributed by atoms with E-state index in [4.69, 9.17) is 11.6 Å². The van der Waals surface area contributed by atoms with Crippen LogP contribution in [0.25, 0.3) is 9.88 Å². The number of thiazole rings is 1. The number of rotatable bonds is 7. The number of nitrogens with zero attached hydrogens (tertiary/aromatic N) is 2. The summed E-state index contributed by atoms with van der Waals surface area (Å²) in [5.41, 5.74) is 2.79. The highest BCUT2D eigenvalue weighted by Gasteiger charge is 2.11. The zero-order valence-corrected chi connectivity index (χ0v) is 18.6. The van der Waals surface area contributed by atoms with Crippen molar-refractivity contribution in [3.8, 4) is 9.88 Å². The lowest BCUT2D eigenvalue weighted by molar-refractivity contribution is -0.120. The highest BCUT2D eigenvalue weighted by molar-refractivity contribution is 7.23. The summed E-state index contributed by atoms with van der Waals surface area (Å²) >= 11 is 8.94. The van der Waals surface area contributed by atoms with Crippen LogP contribution in [0.5, 0.6) is 0 Å². The Morgan fingerprint density at radius 3 is 2.68 bits per heavy atom. The van der Waals surface area contributed by atoms with Gasteiger partial charge in [-0.2, -0.15) is 0 Å². The maximum atomic E-state index is 12.3. The van der Waals surface area contributed by atoms with E-state index in [1.165, 1.54) is 22.7 Å². The minimum absolute atomic E-state index is 0.118. The summed E-state index contributed by atoms with van der Waals surface area (Å²) in [5.74, 6) is -0.331. The largest absolute Gasteiger partial charge is 0.352 e. The first kappa shape index (κ1) is 21.2. The number of thiophene rings is 1. The van der Waals surface area contributed by atoms with E-state index in [2.05, 4.69) is 20.6 Å². The Balaban J connectivity index is 1.31. The first-order valence-corrected chi connectivity index (χ1v) is 11.4. The van der Waals surface area contributed by atoms with Gasteiger partial charge in [0.2, 0.25) is 5.91 Å². The van der Waals surface area contributed by atoms with Gasteiger partial charge in [-0.05, 0) is 42.0 Å². The third-order valence-corrected chi connectivity index (χ3v) is 6.59. The van der Waals surface area contributed by atoms with Gasteiger partial charge in [0, 0.05) is 35.6 Å². The normalized spacial score (nSPS) is 10.6. The molecule has 1 aromatic carbocycles. The summed E-state index contributed by atoms with van der Waals surface area (Å²) in [6.07, 6.45) is 3.34. The molecule has 0 saturated carbocycles. The van der Waals surface area contributed by atoms with Crippen LogP contribution in [0.4, 0.5) is 5.69 Å². The molecule has 31 heavy (non-hydrogen) atoms. The lowest BCUT2D eigenvalue weighted by Crippen LogP contribution is -2.24. The van der Waals surface area contributed by atoms with Crippen LogP contribution in [0.3, 0.4) is 0 Å². The van der Waals surface area contributed by atoms with Crippen LogP contribution in [-0.4, -0.2) is 21.8 Å². The van der Waals surface area contributed by atoms with Crippen molar-refractivity contribution in [2.24, 2.45) is 0 Å². The number of aromatic nitrogens is 2. The number of amides is 2. The number of nitrogens with one attached hydrogen (secondary N) is 2. The number of carbonyl (C=O) groups excluding carboxylic acids is 2. The van der Waals surface area contributed by atoms with Crippen LogP contribution in [-0.2, 0) is 17.8 Å². The minimum Gasteiger partial charge on any atom is -0.352 e. The van der Waals surface area contributed by atoms with Gasteiger partial charge in [-0.25, -0.2) is 4.98 Å². The predicted molar refractivity (Wildman–Crippen MR) is 125 cm³/mol. The van der Waals surface area contributed by atoms with Crippen molar-refractivity contribution in [2.45, 2.75) is 13.0 Å². The Kier molecular flexibility index (Phi) is 6.71. The molecule has 0 unspecified atom stereocenters. The quantitative estimate of drug-likeness (QED) is 0.398. The number of hydrogen-bond donors (Lipinski definition) is 2. The molecule has 0 aliphatic heterocycles. The monoisotopic (exact) mass is 468 g/mol. The fraction of sp³-hybridized carbons (Fsp3) is 0.0909. The minimum atomic E-state index is -0.213. The number of pyridine rings is 1. The van der Waals surface area contributed by atoms with E-state index in [0.29, 0.717) is 22.1 Å². The van der Waals surface area contributed by atoms with Gasteiger partial charge in [-0.1, -0.05) is 23.7 Å². The molecule has 0 bridgehead atoms. The summed E-state index contributed by atoms with van der Waals surface area (Å²) < 4.78 is 0.712. The van der Waals surface area contributed by atoms with Gasteiger partial charge < -0.3 is 10.6 Å². The molecule has 2 amide bonds. The molecule has 0 atom stereocenters. The van der Waals surface area contributed by atoms with Gasteiger partial charge in [0.05, 0.1) is 21.3 Å². The lowest BCUT2D eigenvalue weighted by Gasteiger charge is -2.08. The average Bonchev–Trinajstić information content (AvgIpc) is 3.42. The van der Waals surface area contributed by atoms with E-state index in [-0.39, 0.29) is 18.2 Å². The van der Waals surface area contributed by atoms with Crippen molar-refractivity contribution < 1.29 is 9.59 Å². The second kappa shape index (κ2) is 9.82. The summed E-state index contributed by atoms with van der Waals surface area (Å²) in [7, 11) is 0. The molecule has 3 heterocycles. The number of halogens is 1. The molecule has 3 aromatic heterocycles. The molecule has 0 saturated heterocycles. The van der Waals surface area contributed by atoms with Crippen molar-refractivity contribution >= 4 is 51.8 Å². The molecular weight excluding hydrogens is 452 g/mol. The Bertz CT molecular complexity index is 1210. The van der Waals surface area contributed by atoms with Crippen LogP contribution >= 0.6 is 34.3 Å². The fourth-order valence-electron chi connectivity index (χ4n) is 2.82. The summed E-state index contributed by atoms with van der Waals surface area (Å²) in [5, 5.41) is 8.49. The SMILES string of the molecule is O=C(Cc1csc(-c2ccc(Cl)s2)n1)NCc1cccc(NC(=O)c2ccncc2)c1. The number of hydrogen-bond acceptors (Lipinski definition) is 6. The Morgan fingerprint density at radius 2 is 1.90 bits per heavy atom. The maximum absolute atomic E-state index is 12.3. The Morgan fingerprint density at radius 1 is 1.06 bits per heavy atom. The van der Waals surface area contributed by atoms with Crippen molar-refractivity contribution in [2.75, 3.05) is 5.32 Å². The molecule has 0 fully saturated rings. The summed E-state index contributed by atoms with van der Waals surface area (Å²) in [4.78, 5) is 34.0. The zero-order valence-electron chi connectivity index (χ0n) is 16.2. The summed E-state index contributed by atoms with van der Waals surface area (Å²) in [6.45, 7) is 0.356. The van der Waals surface area contributed by atoms with Gasteiger partial charge in [0.25, 0.3) is 5.91 Å². The fourth-order valence-corrected chi connectivity index (χ4v) is 4.76. The van der Waals surface area contributed by atoms with E-state index < -0.39 is 0 Å². The number of benzene rings is 1. The van der Waals surface area contributed by atoms with Crippen LogP contribution in [0.1, 0.15) is 21.6 Å². The van der Waals surface area contributed by atoms with Crippen molar-refractivity contribution in [3.63, 3.8) is 0 Å². The Labute approximate surface area is 192 Å². The van der Waals surface area contributed by atoms with Crippen molar-refractivity contribution in [1.29, 1.82) is 0 Å². The van der Waals surface area contributed by atoms with E-state index in [1.54, 1.807) is 30.6 Å². The van der Waals surface area contributed by atoms with Gasteiger partial charge in [0.1, 0.15) is 5.01 Å². The van der Waals surface area contributed by atoms with Gasteiger partial charge in [0.15, 0.2) is 0 Å². The van der Waals surface area contributed by atoms with E-state index in [1.807, 2.05) is 35.7 Å². The predicted octanol–water partition coefficient (Wildman–Crippen LogP) is 5.03. The number of carbonyl (C=O) groups is 2. The average molecular weight is 469 g/mol. The molecule has 6 nitrogen and oxygen atoms in total. The van der Waals surface area contributed by atoms with E-state index >= 15 is 0 Å². The topological polar surface area (TPSA) is 84.0 Å². The second-order valence-corrected chi connectivity index (χ2v) is 9.16. The second-order valence-electron chi connectivity index (χ2n) is 6.59. The maximum Gasteiger partial charge on any atom is 0.255 e. The van der Waals surface area contributed by atoms with Crippen molar-refractivity contribution in [1.82, 2.24) is 15.3 Å². The molecule has 9 heteroatoms. The molecular formula is C22H17ClN4O2S2. The first-order valence-electron chi connectivity index (χ1n) is 9.34. The van der Waals surface area contributed by atoms with Gasteiger partial charge >= 0.3 is 0 Å². The molecule has 0 aliphatic carbocycles. The molecule has 0 aliphatic rings. The first-order chi connectivity index (χ1) is 15.1. The number of anilines is 1. The van der Waals surface area contributed by atoms with Crippen LogP contribution < -0.4 is 10.6 Å². The van der Waals surface area contributed by atoms with Gasteiger partial charge in [-0.15, -0.1) is 22.7 Å². The Hall–Kier alpha value is -3.07. The van der Waals surface area contributed by atoms with Crippen LogP contribution in [0, 0.1) is 0 Å². The molecule has 0 radical (unpaired) electrons. The van der Waals surface area contributed by atoms with Crippen LogP contribution in [0.2, 0.25) is 4.34 Å². The smallest absolute Gasteiger partial charge is 0.255 e. The molecule has 4 aromatic rings. The van der Waals surface area contributed by atoms with Crippen LogP contribution in [0.15, 0.2) is 66.3 Å². The molecule has 156 valence electrons. The third-order valence-electron chi connectivity index (χ3n) is 4.29. The molecule has 0 spiro atoms.